The van der Waals surface area contributed by atoms with Crippen molar-refractivity contribution in [3.8, 4) is 0 Å². The molecule has 12 heavy (non-hydrogen) atoms. The Morgan fingerprint density at radius 3 is 2.25 bits per heavy atom. The molecule has 0 aliphatic rings. The number of hydrogen-bond acceptors (Lipinski definition) is 1. The highest BCUT2D eigenvalue weighted by Crippen LogP contribution is 2.13. The molecular weight excluding hydrogens is 222 g/mol. The van der Waals surface area contributed by atoms with Gasteiger partial charge in [-0.3, -0.25) is 0 Å². The number of carbonyl (C=O) groups is 1. The van der Waals surface area contributed by atoms with Crippen LogP contribution in [-0.2, 0) is 4.79 Å². The van der Waals surface area contributed by atoms with E-state index in [1.54, 1.807) is 0 Å². The Kier molecular flexibility index (Phi) is 5.38. The van der Waals surface area contributed by atoms with Crippen molar-refractivity contribution in [2.45, 2.75) is 12.3 Å². The summed E-state index contributed by atoms with van der Waals surface area (Å²) in [5.41, 5.74) is 0.154. The second-order valence-corrected chi connectivity index (χ2v) is 3.57. The lowest BCUT2D eigenvalue weighted by molar-refractivity contribution is -0.132. The molecule has 68 valence electrons. The van der Waals surface area contributed by atoms with Gasteiger partial charge in [-0.25, -0.2) is 4.79 Å². The van der Waals surface area contributed by atoms with Gasteiger partial charge < -0.3 is 5.11 Å². The molecule has 0 saturated carbocycles. The molecule has 0 radical (unpaired) electrons. The van der Waals surface area contributed by atoms with Crippen molar-refractivity contribution in [3.05, 3.63) is 22.2 Å². The predicted octanol–water partition coefficient (Wildman–Crippen LogP) is 2.94. The molecular formula is C7H7Cl3O2. The van der Waals surface area contributed by atoms with Gasteiger partial charge in [0.15, 0.2) is 0 Å². The molecule has 0 aliphatic carbocycles. The summed E-state index contributed by atoms with van der Waals surface area (Å²) in [4.78, 5) is 10.3. The Hall–Kier alpha value is -0.180. The summed E-state index contributed by atoms with van der Waals surface area (Å²) >= 11 is 16.2. The number of halogens is 3. The van der Waals surface area contributed by atoms with Gasteiger partial charge in [0.2, 0.25) is 0 Å². The third-order valence-corrected chi connectivity index (χ3v) is 1.54. The quantitative estimate of drug-likeness (QED) is 0.597. The van der Waals surface area contributed by atoms with E-state index in [1.807, 2.05) is 0 Å². The van der Waals surface area contributed by atoms with Crippen molar-refractivity contribution in [2.24, 2.45) is 0 Å². The Bertz CT molecular complexity index is 229. The molecule has 0 heterocycles. The molecule has 0 amide bonds. The first kappa shape index (κ1) is 11.8. The van der Waals surface area contributed by atoms with Crippen LogP contribution in [0.3, 0.4) is 0 Å². The highest BCUT2D eigenvalue weighted by atomic mass is 35.5. The predicted molar refractivity (Wildman–Crippen MR) is 50.8 cm³/mol. The number of allylic oxidation sites excluding steroid dienone is 2. The second kappa shape index (κ2) is 5.46. The van der Waals surface area contributed by atoms with Gasteiger partial charge >= 0.3 is 5.97 Å². The van der Waals surface area contributed by atoms with Crippen LogP contribution in [-0.4, -0.2) is 16.5 Å². The molecule has 0 rings (SSSR count). The molecule has 5 heteroatoms. The first-order valence-electron chi connectivity index (χ1n) is 3.02. The Morgan fingerprint density at radius 1 is 1.42 bits per heavy atom. The Balaban J connectivity index is 4.34. The standard InChI is InChI=1S/C7H7Cl3O2/c1-4(7(11)12)2-5(8)3-6(9)10/h2-3,5H,1H3,(H,11,12). The lowest BCUT2D eigenvalue weighted by atomic mass is 10.2. The molecule has 2 nitrogen and oxygen atoms in total. The Morgan fingerprint density at radius 2 is 1.92 bits per heavy atom. The number of aliphatic carboxylic acids is 1. The fourth-order valence-electron chi connectivity index (χ4n) is 0.479. The molecule has 0 aromatic carbocycles. The van der Waals surface area contributed by atoms with Crippen LogP contribution in [0, 0.1) is 0 Å². The number of alkyl halides is 1. The summed E-state index contributed by atoms with van der Waals surface area (Å²) in [7, 11) is 0. The minimum atomic E-state index is -1.01. The van der Waals surface area contributed by atoms with Crippen molar-refractivity contribution in [1.29, 1.82) is 0 Å². The van der Waals surface area contributed by atoms with Crippen molar-refractivity contribution in [3.63, 3.8) is 0 Å². The summed E-state index contributed by atoms with van der Waals surface area (Å²) < 4.78 is 0.0180. The molecule has 0 aromatic rings. The van der Waals surface area contributed by atoms with E-state index in [1.165, 1.54) is 19.1 Å². The van der Waals surface area contributed by atoms with Crippen LogP contribution < -0.4 is 0 Å². The van der Waals surface area contributed by atoms with Crippen molar-refractivity contribution < 1.29 is 9.90 Å². The molecule has 0 aliphatic heterocycles. The van der Waals surface area contributed by atoms with E-state index in [0.717, 1.165) is 0 Å². The van der Waals surface area contributed by atoms with Gasteiger partial charge in [0.05, 0.1) is 5.38 Å². The highest BCUT2D eigenvalue weighted by Gasteiger charge is 2.03. The van der Waals surface area contributed by atoms with E-state index in [4.69, 9.17) is 39.9 Å². The van der Waals surface area contributed by atoms with Crippen molar-refractivity contribution >= 4 is 40.8 Å². The van der Waals surface area contributed by atoms with Gasteiger partial charge in [-0.15, -0.1) is 11.6 Å². The molecule has 0 bridgehead atoms. The van der Waals surface area contributed by atoms with Crippen molar-refractivity contribution in [1.82, 2.24) is 0 Å². The molecule has 0 fully saturated rings. The van der Waals surface area contributed by atoms with Gasteiger partial charge in [0, 0.05) is 5.57 Å². The largest absolute Gasteiger partial charge is 0.478 e. The SMILES string of the molecule is CC(=CC(Cl)C=C(Cl)Cl)C(=O)O. The third-order valence-electron chi connectivity index (χ3n) is 1.03. The molecule has 0 spiro atoms. The topological polar surface area (TPSA) is 37.3 Å². The van der Waals surface area contributed by atoms with Crippen LogP contribution >= 0.6 is 34.8 Å². The van der Waals surface area contributed by atoms with E-state index in [2.05, 4.69) is 0 Å². The average Bonchev–Trinajstić information content (AvgIpc) is 1.84. The maximum Gasteiger partial charge on any atom is 0.331 e. The molecule has 1 N–H and O–H groups in total. The van der Waals surface area contributed by atoms with E-state index in [-0.39, 0.29) is 10.1 Å². The molecule has 1 atom stereocenters. The molecule has 1 unspecified atom stereocenters. The maximum absolute atomic E-state index is 10.3. The smallest absolute Gasteiger partial charge is 0.331 e. The first-order valence-corrected chi connectivity index (χ1v) is 4.21. The molecule has 0 aromatic heterocycles. The van der Waals surface area contributed by atoms with E-state index < -0.39 is 11.3 Å². The number of carboxylic acids is 1. The summed E-state index contributed by atoms with van der Waals surface area (Å²) in [5.74, 6) is -1.01. The normalized spacial score (nSPS) is 13.8. The Labute approximate surface area is 85.4 Å². The van der Waals surface area contributed by atoms with Gasteiger partial charge in [-0.05, 0) is 13.0 Å². The van der Waals surface area contributed by atoms with E-state index in [0.29, 0.717) is 0 Å². The van der Waals surface area contributed by atoms with Crippen LogP contribution in [0.1, 0.15) is 6.92 Å². The second-order valence-electron chi connectivity index (χ2n) is 2.06. The zero-order valence-corrected chi connectivity index (χ0v) is 8.49. The zero-order chi connectivity index (χ0) is 9.72. The van der Waals surface area contributed by atoms with E-state index >= 15 is 0 Å². The summed E-state index contributed by atoms with van der Waals surface area (Å²) in [6, 6.07) is 0. The fraction of sp³-hybridized carbons (Fsp3) is 0.286. The minimum Gasteiger partial charge on any atom is -0.478 e. The van der Waals surface area contributed by atoms with Crippen LogP contribution in [0.25, 0.3) is 0 Å². The number of carboxylic acid groups (broad SMARTS) is 1. The van der Waals surface area contributed by atoms with Crippen LogP contribution in [0.4, 0.5) is 0 Å². The number of rotatable bonds is 3. The average molecular weight is 229 g/mol. The summed E-state index contributed by atoms with van der Waals surface area (Å²) in [5, 5.41) is 7.86. The zero-order valence-electron chi connectivity index (χ0n) is 6.22. The van der Waals surface area contributed by atoms with Gasteiger partial charge in [0.1, 0.15) is 4.49 Å². The first-order chi connectivity index (χ1) is 5.43. The lowest BCUT2D eigenvalue weighted by Crippen LogP contribution is -1.99. The number of hydrogen-bond donors (Lipinski definition) is 1. The van der Waals surface area contributed by atoms with Gasteiger partial charge in [0.25, 0.3) is 0 Å². The van der Waals surface area contributed by atoms with Gasteiger partial charge in [-0.2, -0.15) is 0 Å². The van der Waals surface area contributed by atoms with Crippen LogP contribution in [0.15, 0.2) is 22.2 Å². The van der Waals surface area contributed by atoms with E-state index in [9.17, 15) is 4.79 Å². The fourth-order valence-corrected chi connectivity index (χ4v) is 1.19. The van der Waals surface area contributed by atoms with Crippen molar-refractivity contribution in [2.75, 3.05) is 0 Å². The minimum absolute atomic E-state index is 0.0180. The summed E-state index contributed by atoms with van der Waals surface area (Å²) in [6.45, 7) is 1.44. The summed E-state index contributed by atoms with van der Waals surface area (Å²) in [6.07, 6.45) is 2.67. The van der Waals surface area contributed by atoms with Crippen LogP contribution in [0.2, 0.25) is 0 Å². The lowest BCUT2D eigenvalue weighted by Gasteiger charge is -1.97. The maximum atomic E-state index is 10.3. The third kappa shape index (κ3) is 5.47. The monoisotopic (exact) mass is 228 g/mol. The van der Waals surface area contributed by atoms with Crippen LogP contribution in [0.5, 0.6) is 0 Å². The molecule has 0 saturated heterocycles. The van der Waals surface area contributed by atoms with Gasteiger partial charge in [-0.1, -0.05) is 29.3 Å². The highest BCUT2D eigenvalue weighted by molar-refractivity contribution is 6.56.